The highest BCUT2D eigenvalue weighted by molar-refractivity contribution is 5.79. The van der Waals surface area contributed by atoms with Crippen LogP contribution in [0, 0.1) is 23.2 Å². The Labute approximate surface area is 173 Å². The monoisotopic (exact) mass is 397 g/mol. The largest absolute Gasteiger partial charge is 0.347 e. The number of hydrogen-bond acceptors (Lipinski definition) is 5. The maximum Gasteiger partial charge on any atom is 0.261 e. The molecule has 0 bridgehead atoms. The molecule has 0 atom stereocenters. The van der Waals surface area contributed by atoms with Gasteiger partial charge >= 0.3 is 0 Å². The molecule has 0 saturated carbocycles. The van der Waals surface area contributed by atoms with Gasteiger partial charge in [-0.25, -0.2) is 4.98 Å². The quantitative estimate of drug-likeness (QED) is 0.545. The molecule has 5 rings (SSSR count). The van der Waals surface area contributed by atoms with Gasteiger partial charge in [-0.05, 0) is 36.4 Å². The number of aromatic nitrogens is 2. The predicted molar refractivity (Wildman–Crippen MR) is 111 cm³/mol. The summed E-state index contributed by atoms with van der Waals surface area (Å²) in [6.07, 6.45) is 1.97. The predicted octanol–water partition coefficient (Wildman–Crippen LogP) is 2.75. The van der Waals surface area contributed by atoms with Crippen molar-refractivity contribution in [2.45, 2.75) is 31.6 Å². The zero-order chi connectivity index (χ0) is 20.6. The van der Waals surface area contributed by atoms with Crippen LogP contribution in [0.25, 0.3) is 10.9 Å². The lowest BCUT2D eigenvalue weighted by Gasteiger charge is -2.24. The fraction of sp³-hybridized carbons (Fsp3) is 0.292. The van der Waals surface area contributed by atoms with Crippen molar-refractivity contribution in [3.63, 3.8) is 0 Å². The molecule has 148 valence electrons. The van der Waals surface area contributed by atoms with Gasteiger partial charge in [-0.2, -0.15) is 5.26 Å². The van der Waals surface area contributed by atoms with E-state index in [-0.39, 0.29) is 5.56 Å². The zero-order valence-electron chi connectivity index (χ0n) is 16.4. The Morgan fingerprint density at radius 2 is 1.77 bits per heavy atom. The van der Waals surface area contributed by atoms with Crippen molar-refractivity contribution in [1.82, 2.24) is 9.55 Å². The molecular weight excluding hydrogens is 378 g/mol. The van der Waals surface area contributed by atoms with Crippen molar-refractivity contribution in [3.05, 3.63) is 75.3 Å². The zero-order valence-corrected chi connectivity index (χ0v) is 16.4. The molecule has 2 aliphatic heterocycles. The van der Waals surface area contributed by atoms with Crippen molar-refractivity contribution < 1.29 is 9.47 Å². The van der Waals surface area contributed by atoms with E-state index in [1.165, 1.54) is 0 Å². The molecule has 2 aliphatic rings. The van der Waals surface area contributed by atoms with Crippen LogP contribution in [0.2, 0.25) is 0 Å². The third kappa shape index (κ3) is 3.37. The van der Waals surface area contributed by atoms with E-state index in [2.05, 4.69) is 17.9 Å². The van der Waals surface area contributed by atoms with Crippen LogP contribution in [0.5, 0.6) is 0 Å². The number of nitrogens with zero attached hydrogens (tertiary/aromatic N) is 3. The van der Waals surface area contributed by atoms with Crippen LogP contribution in [0.3, 0.4) is 0 Å². The third-order valence-electron chi connectivity index (χ3n) is 5.64. The van der Waals surface area contributed by atoms with Crippen LogP contribution < -0.4 is 5.56 Å². The number of ether oxygens (including phenoxy) is 2. The van der Waals surface area contributed by atoms with Crippen LogP contribution >= 0.6 is 0 Å². The van der Waals surface area contributed by atoms with Crippen molar-refractivity contribution in [1.29, 1.82) is 5.26 Å². The Morgan fingerprint density at radius 3 is 2.57 bits per heavy atom. The van der Waals surface area contributed by atoms with E-state index in [1.54, 1.807) is 22.8 Å². The SMILES string of the molecule is N#Cc1cccc(C#Cc2ccc3c(=O)n4c(nc3c2)CCC2(CC4)OCCO2)c1. The minimum absolute atomic E-state index is 0.0359. The van der Waals surface area contributed by atoms with E-state index in [1.807, 2.05) is 24.3 Å². The number of aryl methyl sites for hydroxylation is 1. The summed E-state index contributed by atoms with van der Waals surface area (Å²) in [5.41, 5.74) is 2.73. The molecule has 30 heavy (non-hydrogen) atoms. The normalized spacial score (nSPS) is 17.0. The topological polar surface area (TPSA) is 77.1 Å². The van der Waals surface area contributed by atoms with Gasteiger partial charge in [0, 0.05) is 36.9 Å². The second-order valence-corrected chi connectivity index (χ2v) is 7.52. The van der Waals surface area contributed by atoms with Gasteiger partial charge in [0.15, 0.2) is 5.79 Å². The highest BCUT2D eigenvalue weighted by Crippen LogP contribution is 2.31. The van der Waals surface area contributed by atoms with Crippen molar-refractivity contribution in [2.75, 3.05) is 13.2 Å². The lowest BCUT2D eigenvalue weighted by molar-refractivity contribution is -0.165. The minimum Gasteiger partial charge on any atom is -0.347 e. The van der Waals surface area contributed by atoms with Gasteiger partial charge in [-0.15, -0.1) is 0 Å². The molecule has 1 fully saturated rings. The standard InChI is InChI=1S/C24H19N3O3/c25-16-19-3-1-2-17(14-19)4-5-18-6-7-20-21(15-18)26-22-8-9-24(29-12-13-30-24)10-11-27(22)23(20)28/h1-3,6-7,14-15H,8-13H2. The third-order valence-corrected chi connectivity index (χ3v) is 5.64. The van der Waals surface area contributed by atoms with E-state index in [0.717, 1.165) is 17.0 Å². The van der Waals surface area contributed by atoms with Gasteiger partial charge in [0.05, 0.1) is 35.7 Å². The van der Waals surface area contributed by atoms with Gasteiger partial charge in [-0.3, -0.25) is 9.36 Å². The molecule has 3 heterocycles. The highest BCUT2D eigenvalue weighted by Gasteiger charge is 2.38. The molecule has 1 saturated heterocycles. The number of nitriles is 1. The molecule has 0 amide bonds. The summed E-state index contributed by atoms with van der Waals surface area (Å²) in [4.78, 5) is 17.8. The molecule has 0 unspecified atom stereocenters. The summed E-state index contributed by atoms with van der Waals surface area (Å²) in [5.74, 6) is 6.36. The number of hydrogen-bond donors (Lipinski definition) is 0. The summed E-state index contributed by atoms with van der Waals surface area (Å²) in [6.45, 7) is 1.73. The summed E-state index contributed by atoms with van der Waals surface area (Å²) in [5, 5.41) is 9.61. The van der Waals surface area contributed by atoms with Crippen molar-refractivity contribution in [3.8, 4) is 17.9 Å². The van der Waals surface area contributed by atoms with Crippen LogP contribution in [0.15, 0.2) is 47.3 Å². The van der Waals surface area contributed by atoms with E-state index < -0.39 is 5.79 Å². The van der Waals surface area contributed by atoms with Gasteiger partial charge in [0.2, 0.25) is 0 Å². The lowest BCUT2D eigenvalue weighted by Crippen LogP contribution is -2.31. The first-order chi connectivity index (χ1) is 14.7. The molecule has 6 nitrogen and oxygen atoms in total. The Hall–Kier alpha value is -3.45. The second kappa shape index (κ2) is 7.42. The average molecular weight is 397 g/mol. The maximum absolute atomic E-state index is 13.1. The average Bonchev–Trinajstić information content (AvgIpc) is 3.16. The second-order valence-electron chi connectivity index (χ2n) is 7.52. The first kappa shape index (κ1) is 18.6. The maximum atomic E-state index is 13.1. The fourth-order valence-corrected chi connectivity index (χ4v) is 4.07. The Balaban J connectivity index is 1.50. The molecule has 0 aliphatic carbocycles. The van der Waals surface area contributed by atoms with Crippen LogP contribution in [-0.4, -0.2) is 28.6 Å². The van der Waals surface area contributed by atoms with Gasteiger partial charge in [-0.1, -0.05) is 17.9 Å². The molecule has 0 radical (unpaired) electrons. The van der Waals surface area contributed by atoms with E-state index in [4.69, 9.17) is 19.7 Å². The summed E-state index contributed by atoms with van der Waals surface area (Å²) in [6, 6.07) is 14.8. The Bertz CT molecular complexity index is 1300. The molecule has 0 N–H and O–H groups in total. The molecule has 1 spiro atoms. The Morgan fingerprint density at radius 1 is 1.00 bits per heavy atom. The molecule has 3 aromatic rings. The number of fused-ring (bicyclic) bond motifs is 2. The molecule has 6 heteroatoms. The lowest BCUT2D eigenvalue weighted by atomic mass is 10.1. The van der Waals surface area contributed by atoms with Crippen LogP contribution in [-0.2, 0) is 22.4 Å². The van der Waals surface area contributed by atoms with E-state index >= 15 is 0 Å². The fourth-order valence-electron chi connectivity index (χ4n) is 4.07. The van der Waals surface area contributed by atoms with Gasteiger partial charge < -0.3 is 9.47 Å². The van der Waals surface area contributed by atoms with Crippen molar-refractivity contribution >= 4 is 10.9 Å². The van der Waals surface area contributed by atoms with Crippen LogP contribution in [0.4, 0.5) is 0 Å². The van der Waals surface area contributed by atoms with E-state index in [0.29, 0.717) is 55.5 Å². The summed E-state index contributed by atoms with van der Waals surface area (Å²) in [7, 11) is 0. The summed E-state index contributed by atoms with van der Waals surface area (Å²) >= 11 is 0. The number of rotatable bonds is 0. The van der Waals surface area contributed by atoms with Crippen LogP contribution in [0.1, 0.15) is 35.4 Å². The first-order valence-electron chi connectivity index (χ1n) is 9.99. The summed E-state index contributed by atoms with van der Waals surface area (Å²) < 4.78 is 13.4. The number of benzene rings is 2. The van der Waals surface area contributed by atoms with Crippen molar-refractivity contribution in [2.24, 2.45) is 0 Å². The smallest absolute Gasteiger partial charge is 0.261 e. The van der Waals surface area contributed by atoms with Gasteiger partial charge in [0.1, 0.15) is 5.82 Å². The molecular formula is C24H19N3O3. The van der Waals surface area contributed by atoms with E-state index in [9.17, 15) is 4.79 Å². The van der Waals surface area contributed by atoms with Gasteiger partial charge in [0.25, 0.3) is 5.56 Å². The first-order valence-corrected chi connectivity index (χ1v) is 9.99. The minimum atomic E-state index is -0.582. The molecule has 2 aromatic carbocycles. The molecule has 1 aromatic heterocycles. The highest BCUT2D eigenvalue weighted by atomic mass is 16.7. The Kier molecular flexibility index (Phi) is 4.59.